The van der Waals surface area contributed by atoms with E-state index >= 15 is 0 Å². The molecule has 0 aliphatic carbocycles. The topological polar surface area (TPSA) is 63.4 Å². The molecular weight excluding hydrogens is 380 g/mol. The summed E-state index contributed by atoms with van der Waals surface area (Å²) < 4.78 is 23.6. The Labute approximate surface area is 174 Å². The molecule has 0 radical (unpaired) electrons. The number of nitrogens with zero attached hydrogens (tertiary/aromatic N) is 1. The molecule has 0 heterocycles. The molecule has 2 N–H and O–H groups in total. The minimum Gasteiger partial charge on any atom is -0.363 e. The third kappa shape index (κ3) is 5.68. The summed E-state index contributed by atoms with van der Waals surface area (Å²) in [7, 11) is -3.75. The molecule has 0 saturated heterocycles. The average molecular weight is 409 g/mol. The summed E-state index contributed by atoms with van der Waals surface area (Å²) in [4.78, 5) is 2.29. The van der Waals surface area contributed by atoms with Crippen molar-refractivity contribution >= 4 is 15.7 Å². The largest absolute Gasteiger partial charge is 0.363 e. The molecule has 4 nitrogen and oxygen atoms in total. The van der Waals surface area contributed by atoms with E-state index in [4.69, 9.17) is 5.14 Å². The van der Waals surface area contributed by atoms with Crippen molar-refractivity contribution in [3.8, 4) is 0 Å². The Kier molecular flexibility index (Phi) is 6.40. The van der Waals surface area contributed by atoms with Crippen LogP contribution in [0.3, 0.4) is 0 Å². The van der Waals surface area contributed by atoms with Gasteiger partial charge < -0.3 is 4.90 Å². The lowest BCUT2D eigenvalue weighted by Crippen LogP contribution is -2.23. The Morgan fingerprint density at radius 3 is 1.93 bits per heavy atom. The van der Waals surface area contributed by atoms with Crippen molar-refractivity contribution in [2.75, 3.05) is 4.90 Å². The minimum absolute atomic E-state index is 0.124. The molecule has 3 aromatic carbocycles. The van der Waals surface area contributed by atoms with Crippen molar-refractivity contribution in [1.82, 2.24) is 0 Å². The van der Waals surface area contributed by atoms with Gasteiger partial charge in [0.25, 0.3) is 0 Å². The Morgan fingerprint density at radius 2 is 1.41 bits per heavy atom. The van der Waals surface area contributed by atoms with Crippen molar-refractivity contribution < 1.29 is 8.42 Å². The fourth-order valence-electron chi connectivity index (χ4n) is 3.24. The third-order valence-electron chi connectivity index (χ3n) is 5.03. The van der Waals surface area contributed by atoms with E-state index in [0.29, 0.717) is 19.0 Å². The first-order valence-electron chi connectivity index (χ1n) is 9.74. The maximum absolute atomic E-state index is 11.8. The maximum Gasteiger partial charge on any atom is 0.238 e. The van der Waals surface area contributed by atoms with Crippen molar-refractivity contribution in [2.45, 2.75) is 44.7 Å². The summed E-state index contributed by atoms with van der Waals surface area (Å²) in [6, 6.07) is 23.8. The first-order chi connectivity index (χ1) is 13.7. The van der Waals surface area contributed by atoms with Crippen LogP contribution in [0.4, 0.5) is 5.69 Å². The second-order valence-corrected chi connectivity index (χ2v) is 9.34. The summed E-state index contributed by atoms with van der Waals surface area (Å²) in [5, 5.41) is 5.35. The van der Waals surface area contributed by atoms with Crippen LogP contribution in [0.25, 0.3) is 0 Å². The van der Waals surface area contributed by atoms with Crippen LogP contribution in [0.2, 0.25) is 0 Å². The Bertz CT molecular complexity index is 1060. The summed E-state index contributed by atoms with van der Waals surface area (Å²) in [5.41, 5.74) is 5.67. The predicted molar refractivity (Wildman–Crippen MR) is 119 cm³/mol. The van der Waals surface area contributed by atoms with Crippen molar-refractivity contribution in [3.05, 3.63) is 95.1 Å². The lowest BCUT2D eigenvalue weighted by Gasteiger charge is -2.26. The molecule has 0 saturated carbocycles. The molecule has 0 aliphatic heterocycles. The van der Waals surface area contributed by atoms with E-state index in [2.05, 4.69) is 74.2 Å². The highest BCUT2D eigenvalue weighted by atomic mass is 32.2. The van der Waals surface area contributed by atoms with Gasteiger partial charge in [0.1, 0.15) is 0 Å². The number of sulfonamides is 1. The van der Waals surface area contributed by atoms with Gasteiger partial charge in [-0.25, -0.2) is 13.6 Å². The van der Waals surface area contributed by atoms with Crippen LogP contribution in [-0.2, 0) is 23.1 Å². The number of aryl methyl sites for hydroxylation is 1. The lowest BCUT2D eigenvalue weighted by molar-refractivity contribution is 0.597. The summed E-state index contributed by atoms with van der Waals surface area (Å²) in [5.74, 6) is 0.485. The van der Waals surface area contributed by atoms with Gasteiger partial charge in [-0.15, -0.1) is 0 Å². The van der Waals surface area contributed by atoms with Crippen LogP contribution in [0, 0.1) is 6.92 Å². The van der Waals surface area contributed by atoms with Crippen LogP contribution >= 0.6 is 0 Å². The van der Waals surface area contributed by atoms with Gasteiger partial charge in [0.15, 0.2) is 0 Å². The molecular formula is C24H28N2O2S. The number of rotatable bonds is 7. The molecule has 0 aliphatic rings. The van der Waals surface area contributed by atoms with Crippen LogP contribution in [0.1, 0.15) is 42.0 Å². The zero-order valence-electron chi connectivity index (χ0n) is 17.2. The summed E-state index contributed by atoms with van der Waals surface area (Å²) in [6.07, 6.45) is 0. The number of nitrogens with two attached hydrogens (primary N) is 1. The molecule has 0 fully saturated rings. The van der Waals surface area contributed by atoms with E-state index in [1.807, 2.05) is 6.07 Å². The van der Waals surface area contributed by atoms with Gasteiger partial charge in [0, 0.05) is 18.8 Å². The number of hydrogen-bond donors (Lipinski definition) is 1. The molecule has 0 bridgehead atoms. The number of hydrogen-bond acceptors (Lipinski definition) is 3. The SMILES string of the molecule is Cc1ccc(CN(Cc2ccc(C(C)C)cc2)c2cccc(S(N)(=O)=O)c2)cc1. The molecule has 0 spiro atoms. The molecule has 0 atom stereocenters. The first kappa shape index (κ1) is 21.1. The molecule has 0 amide bonds. The monoisotopic (exact) mass is 408 g/mol. The highest BCUT2D eigenvalue weighted by Crippen LogP contribution is 2.24. The highest BCUT2D eigenvalue weighted by molar-refractivity contribution is 7.89. The van der Waals surface area contributed by atoms with Crippen molar-refractivity contribution in [3.63, 3.8) is 0 Å². The van der Waals surface area contributed by atoms with Gasteiger partial charge in [-0.2, -0.15) is 0 Å². The van der Waals surface area contributed by atoms with Gasteiger partial charge in [0.05, 0.1) is 4.90 Å². The normalized spacial score (nSPS) is 11.6. The molecule has 3 rings (SSSR count). The zero-order chi connectivity index (χ0) is 21.0. The molecule has 0 unspecified atom stereocenters. The van der Waals surface area contributed by atoms with Gasteiger partial charge in [0.2, 0.25) is 10.0 Å². The van der Waals surface area contributed by atoms with E-state index < -0.39 is 10.0 Å². The number of primary sulfonamides is 1. The molecule has 29 heavy (non-hydrogen) atoms. The number of benzene rings is 3. The van der Waals surface area contributed by atoms with Crippen molar-refractivity contribution in [2.24, 2.45) is 5.14 Å². The van der Waals surface area contributed by atoms with E-state index in [-0.39, 0.29) is 4.90 Å². The van der Waals surface area contributed by atoms with Crippen LogP contribution < -0.4 is 10.0 Å². The second kappa shape index (κ2) is 8.80. The molecule has 5 heteroatoms. The van der Waals surface area contributed by atoms with Crippen molar-refractivity contribution in [1.29, 1.82) is 0 Å². The van der Waals surface area contributed by atoms with Gasteiger partial charge in [-0.3, -0.25) is 0 Å². The zero-order valence-corrected chi connectivity index (χ0v) is 18.0. The summed E-state index contributed by atoms with van der Waals surface area (Å²) >= 11 is 0. The fourth-order valence-corrected chi connectivity index (χ4v) is 3.79. The maximum atomic E-state index is 11.8. The predicted octanol–water partition coefficient (Wildman–Crippen LogP) is 4.97. The molecule has 152 valence electrons. The quantitative estimate of drug-likeness (QED) is 0.600. The Hall–Kier alpha value is -2.63. The van der Waals surface area contributed by atoms with Gasteiger partial charge in [-0.05, 0) is 47.7 Å². The van der Waals surface area contributed by atoms with Crippen LogP contribution in [0.15, 0.2) is 77.7 Å². The first-order valence-corrected chi connectivity index (χ1v) is 11.3. The Morgan fingerprint density at radius 1 is 0.862 bits per heavy atom. The summed E-state index contributed by atoms with van der Waals surface area (Å²) in [6.45, 7) is 7.75. The van der Waals surface area contributed by atoms with E-state index in [1.165, 1.54) is 22.8 Å². The van der Waals surface area contributed by atoms with Gasteiger partial charge >= 0.3 is 0 Å². The van der Waals surface area contributed by atoms with E-state index in [0.717, 1.165) is 11.3 Å². The fraction of sp³-hybridized carbons (Fsp3) is 0.250. The van der Waals surface area contributed by atoms with Gasteiger partial charge in [-0.1, -0.05) is 74.0 Å². The lowest BCUT2D eigenvalue weighted by atomic mass is 10.0. The van der Waals surface area contributed by atoms with Crippen LogP contribution in [-0.4, -0.2) is 8.42 Å². The molecule has 3 aromatic rings. The Balaban J connectivity index is 1.94. The standard InChI is InChI=1S/C24H28N2O2S/c1-18(2)22-13-11-21(12-14-22)17-26(16-20-9-7-19(3)8-10-20)23-5-4-6-24(15-23)29(25,27)28/h4-15,18H,16-17H2,1-3H3,(H2,25,27,28). The highest BCUT2D eigenvalue weighted by Gasteiger charge is 2.13. The second-order valence-electron chi connectivity index (χ2n) is 7.78. The average Bonchev–Trinajstić information content (AvgIpc) is 2.69. The van der Waals surface area contributed by atoms with E-state index in [1.54, 1.807) is 12.1 Å². The smallest absolute Gasteiger partial charge is 0.238 e. The number of anilines is 1. The minimum atomic E-state index is -3.75. The third-order valence-corrected chi connectivity index (χ3v) is 5.94. The van der Waals surface area contributed by atoms with Crippen LogP contribution in [0.5, 0.6) is 0 Å². The molecule has 0 aromatic heterocycles. The van der Waals surface area contributed by atoms with E-state index in [9.17, 15) is 8.42 Å².